The Balaban J connectivity index is 1.46. The lowest BCUT2D eigenvalue weighted by Gasteiger charge is -2.35. The molecule has 0 spiro atoms. The van der Waals surface area contributed by atoms with Crippen molar-refractivity contribution in [2.24, 2.45) is 0 Å². The van der Waals surface area contributed by atoms with Gasteiger partial charge in [0.15, 0.2) is 0 Å². The predicted octanol–water partition coefficient (Wildman–Crippen LogP) is 1.23. The van der Waals surface area contributed by atoms with E-state index in [-0.39, 0.29) is 29.8 Å². The molecule has 14 nitrogen and oxygen atoms in total. The van der Waals surface area contributed by atoms with Gasteiger partial charge in [0.1, 0.15) is 13.2 Å². The molecular formula is C26H18FN5O9. The summed E-state index contributed by atoms with van der Waals surface area (Å²) >= 11 is 0. The second-order valence-corrected chi connectivity index (χ2v) is 9.51. The number of cyclic esters (lactones) is 1. The number of rotatable bonds is 5. The van der Waals surface area contributed by atoms with Gasteiger partial charge in [0, 0.05) is 17.2 Å². The smallest absolute Gasteiger partial charge is 0.355 e. The lowest BCUT2D eigenvalue weighted by Crippen LogP contribution is -2.48. The molecule has 0 unspecified atom stereocenters. The molecule has 0 fully saturated rings. The maximum atomic E-state index is 13.7. The molecule has 4 aromatic rings. The Labute approximate surface area is 226 Å². The van der Waals surface area contributed by atoms with E-state index in [1.807, 2.05) is 0 Å². The van der Waals surface area contributed by atoms with Crippen molar-refractivity contribution >= 4 is 28.5 Å². The minimum absolute atomic E-state index is 0.0543. The Bertz CT molecular complexity index is 2030. The number of nitro benzene ring substituents is 1. The van der Waals surface area contributed by atoms with Gasteiger partial charge in [0.05, 0.1) is 45.5 Å². The zero-order chi connectivity index (χ0) is 29.2. The first kappa shape index (κ1) is 25.8. The fraction of sp³-hybridized carbons (Fsp3) is 0.231. The molecule has 41 heavy (non-hydrogen) atoms. The van der Waals surface area contributed by atoms with Crippen molar-refractivity contribution in [2.45, 2.75) is 38.6 Å². The monoisotopic (exact) mass is 563 g/mol. The second kappa shape index (κ2) is 9.04. The number of H-pyrrole nitrogens is 1. The summed E-state index contributed by atoms with van der Waals surface area (Å²) in [5, 5.41) is 11.8. The molecule has 0 bridgehead atoms. The molecule has 0 amide bonds. The zero-order valence-corrected chi connectivity index (χ0v) is 21.1. The fourth-order valence-electron chi connectivity index (χ4n) is 5.27. The molecule has 15 heteroatoms. The second-order valence-electron chi connectivity index (χ2n) is 9.51. The summed E-state index contributed by atoms with van der Waals surface area (Å²) in [6.45, 7) is 0.336. The maximum absolute atomic E-state index is 13.7. The number of benzene rings is 1. The van der Waals surface area contributed by atoms with Crippen LogP contribution in [0.15, 0.2) is 50.9 Å². The van der Waals surface area contributed by atoms with Gasteiger partial charge < -0.3 is 14.0 Å². The van der Waals surface area contributed by atoms with Gasteiger partial charge in [-0.2, -0.15) is 4.39 Å². The van der Waals surface area contributed by atoms with Crippen LogP contribution in [0.3, 0.4) is 0 Å². The van der Waals surface area contributed by atoms with Crippen molar-refractivity contribution in [2.75, 3.05) is 0 Å². The number of non-ortho nitro benzene ring substituents is 1. The number of aromatic nitrogens is 4. The predicted molar refractivity (Wildman–Crippen MR) is 136 cm³/mol. The van der Waals surface area contributed by atoms with Crippen molar-refractivity contribution in [3.05, 3.63) is 100 Å². The Morgan fingerprint density at radius 3 is 2.78 bits per heavy atom. The number of ether oxygens (including phenoxy) is 2. The number of halogens is 1. The normalized spacial score (nSPS) is 17.0. The summed E-state index contributed by atoms with van der Waals surface area (Å²) in [5.41, 5.74) is -3.44. The van der Waals surface area contributed by atoms with Crippen LogP contribution in [-0.2, 0) is 44.4 Å². The van der Waals surface area contributed by atoms with E-state index < -0.39 is 58.2 Å². The highest BCUT2D eigenvalue weighted by Crippen LogP contribution is 2.41. The number of fused-ring (bicyclic) bond motifs is 5. The summed E-state index contributed by atoms with van der Waals surface area (Å²) in [6, 6.07) is 7.54. The average Bonchev–Trinajstić information content (AvgIpc) is 3.29. The number of hydrogen-bond donors (Lipinski definition) is 1. The van der Waals surface area contributed by atoms with E-state index in [0.29, 0.717) is 38.6 Å². The molecule has 6 rings (SSSR count). The Kier molecular flexibility index (Phi) is 5.69. The van der Waals surface area contributed by atoms with E-state index in [2.05, 4.69) is 4.98 Å². The summed E-state index contributed by atoms with van der Waals surface area (Å²) in [7, 11) is 0. The molecule has 2 aliphatic heterocycles. The third-order valence-corrected chi connectivity index (χ3v) is 7.25. The highest BCUT2D eigenvalue weighted by atomic mass is 19.1. The summed E-state index contributed by atoms with van der Waals surface area (Å²) in [5.74, 6) is -3.40. The lowest BCUT2D eigenvalue weighted by atomic mass is 9.85. The number of carbonyl (C=O) groups is 2. The van der Waals surface area contributed by atoms with E-state index in [9.17, 15) is 38.5 Å². The number of aromatic amines is 1. The summed E-state index contributed by atoms with van der Waals surface area (Å²) < 4.78 is 26.5. The molecule has 1 N–H and O–H groups in total. The van der Waals surface area contributed by atoms with Gasteiger partial charge in [-0.05, 0) is 24.6 Å². The number of carbonyl (C=O) groups excluding carboxylic acids is 2. The Morgan fingerprint density at radius 1 is 1.27 bits per heavy atom. The number of nitrogens with zero attached hydrogens (tertiary/aromatic N) is 4. The van der Waals surface area contributed by atoms with Crippen LogP contribution in [0, 0.1) is 15.9 Å². The first-order chi connectivity index (χ1) is 19.5. The Hall–Kier alpha value is -5.47. The molecule has 3 aromatic heterocycles. The third-order valence-electron chi connectivity index (χ3n) is 7.25. The van der Waals surface area contributed by atoms with Gasteiger partial charge in [0.25, 0.3) is 16.8 Å². The summed E-state index contributed by atoms with van der Waals surface area (Å²) in [6.07, 6.45) is 0.372. The first-order valence-electron chi connectivity index (χ1n) is 12.3. The first-order valence-corrected chi connectivity index (χ1v) is 12.3. The number of nitro groups is 1. The van der Waals surface area contributed by atoms with Gasteiger partial charge in [0.2, 0.25) is 11.4 Å². The largest absolute Gasteiger partial charge is 0.457 e. The van der Waals surface area contributed by atoms with E-state index in [4.69, 9.17) is 9.47 Å². The highest BCUT2D eigenvalue weighted by Gasteiger charge is 2.50. The van der Waals surface area contributed by atoms with Crippen LogP contribution in [0.2, 0.25) is 0 Å². The lowest BCUT2D eigenvalue weighted by molar-refractivity contribution is -0.383. The van der Waals surface area contributed by atoms with E-state index >= 15 is 0 Å². The Morgan fingerprint density at radius 2 is 2.05 bits per heavy atom. The maximum Gasteiger partial charge on any atom is 0.355 e. The van der Waals surface area contributed by atoms with E-state index in [1.54, 1.807) is 17.1 Å². The SMILES string of the molecule is CC[C@@]1(OC(=O)Cn2cc(F)c(=O)[nH]c2=O)C(=O)OCc2c1cc1n(c2=O)Cc2cc3c([N+](=O)[O-])cccc3nc2-1. The van der Waals surface area contributed by atoms with Crippen LogP contribution >= 0.6 is 0 Å². The van der Waals surface area contributed by atoms with Crippen LogP contribution in [0.4, 0.5) is 10.1 Å². The molecule has 2 aliphatic rings. The molecule has 5 heterocycles. The number of nitrogens with one attached hydrogen (secondary N) is 1. The van der Waals surface area contributed by atoms with Crippen LogP contribution < -0.4 is 16.8 Å². The van der Waals surface area contributed by atoms with E-state index in [0.717, 1.165) is 0 Å². The van der Waals surface area contributed by atoms with Gasteiger partial charge in [-0.1, -0.05) is 13.0 Å². The van der Waals surface area contributed by atoms with Crippen molar-refractivity contribution in [3.8, 4) is 11.4 Å². The van der Waals surface area contributed by atoms with Crippen molar-refractivity contribution < 1.29 is 28.4 Å². The minimum Gasteiger partial charge on any atom is -0.457 e. The third kappa shape index (κ3) is 3.84. The van der Waals surface area contributed by atoms with Crippen LogP contribution in [0.25, 0.3) is 22.3 Å². The number of pyridine rings is 2. The summed E-state index contributed by atoms with van der Waals surface area (Å²) in [4.78, 5) is 80.3. The number of hydrogen-bond acceptors (Lipinski definition) is 10. The molecule has 0 saturated carbocycles. The van der Waals surface area contributed by atoms with Gasteiger partial charge in [-0.3, -0.25) is 34.0 Å². The van der Waals surface area contributed by atoms with Gasteiger partial charge >= 0.3 is 17.6 Å². The highest BCUT2D eigenvalue weighted by molar-refractivity contribution is 5.92. The van der Waals surface area contributed by atoms with Crippen LogP contribution in [0.5, 0.6) is 0 Å². The van der Waals surface area contributed by atoms with Gasteiger partial charge in [-0.15, -0.1) is 0 Å². The van der Waals surface area contributed by atoms with Crippen molar-refractivity contribution in [3.63, 3.8) is 0 Å². The molecule has 0 aliphatic carbocycles. The average molecular weight is 563 g/mol. The van der Waals surface area contributed by atoms with Gasteiger partial charge in [-0.25, -0.2) is 14.6 Å². The molecular weight excluding hydrogens is 545 g/mol. The van der Waals surface area contributed by atoms with Crippen molar-refractivity contribution in [1.29, 1.82) is 0 Å². The zero-order valence-electron chi connectivity index (χ0n) is 21.1. The molecule has 0 radical (unpaired) electrons. The number of esters is 2. The minimum atomic E-state index is -2.08. The van der Waals surface area contributed by atoms with E-state index in [1.165, 1.54) is 29.7 Å². The quantitative estimate of drug-likeness (QED) is 0.185. The van der Waals surface area contributed by atoms with Crippen LogP contribution in [-0.4, -0.2) is 36.0 Å². The molecule has 0 saturated heterocycles. The van der Waals surface area contributed by atoms with Crippen LogP contribution in [0.1, 0.15) is 30.0 Å². The standard InChI is InChI=1S/C26H18FN5O9/c1-2-26(41-20(33)10-30-9-16(27)22(34)29-25(30)37)15-7-19-21-12(8-31(19)23(35)14(15)11-40-24(26)36)6-13-17(28-21)4-3-5-18(13)32(38)39/h3-7,9H,2,8,10-11H2,1H3,(H,29,34,37)/t26-/m0/s1. The molecule has 1 atom stereocenters. The topological polar surface area (TPSA) is 185 Å². The molecule has 1 aromatic carbocycles. The van der Waals surface area contributed by atoms with Crippen molar-refractivity contribution in [1.82, 2.24) is 19.1 Å². The molecule has 208 valence electrons. The fourth-order valence-corrected chi connectivity index (χ4v) is 5.27.